The monoisotopic (exact) mass is 577 g/mol. The number of hydrogen-bond acceptors (Lipinski definition) is 4. The molecule has 5 heterocycles. The summed E-state index contributed by atoms with van der Waals surface area (Å²) < 4.78 is 0. The maximum Gasteiger partial charge on any atom is 0.232 e. The largest absolute Gasteiger partial charge is 0.339 e. The number of rotatable bonds is 10. The maximum atomic E-state index is 14.0. The highest BCUT2D eigenvalue weighted by Gasteiger charge is 2.42. The summed E-state index contributed by atoms with van der Waals surface area (Å²) in [6.07, 6.45) is 12.6. The number of carbonyl (C=O) groups is 1. The van der Waals surface area contributed by atoms with E-state index in [4.69, 9.17) is 4.98 Å². The molecule has 43 heavy (non-hydrogen) atoms. The Morgan fingerprint density at radius 2 is 1.79 bits per heavy atom. The van der Waals surface area contributed by atoms with Gasteiger partial charge in [0.2, 0.25) is 5.91 Å². The van der Waals surface area contributed by atoms with Gasteiger partial charge in [-0.1, -0.05) is 24.1 Å². The van der Waals surface area contributed by atoms with Gasteiger partial charge in [-0.3, -0.25) is 9.78 Å². The predicted octanol–water partition coefficient (Wildman–Crippen LogP) is 7.25. The van der Waals surface area contributed by atoms with Crippen molar-refractivity contribution in [3.8, 4) is 11.3 Å². The normalized spacial score (nSPS) is 19.2. The number of aryl methyl sites for hydroxylation is 3. The second kappa shape index (κ2) is 12.2. The molecule has 6 nitrogen and oxygen atoms in total. The topological polar surface area (TPSA) is 73.9 Å². The Morgan fingerprint density at radius 1 is 1.07 bits per heavy atom. The molecule has 2 aliphatic heterocycles. The summed E-state index contributed by atoms with van der Waals surface area (Å²) in [7, 11) is 0. The molecular weight excluding hydrogens is 530 g/mol. The lowest BCUT2D eigenvalue weighted by Crippen LogP contribution is -2.55. The fourth-order valence-corrected chi connectivity index (χ4v) is 7.48. The Bertz CT molecular complexity index is 1560. The Hall–Kier alpha value is -3.51. The number of pyridine rings is 2. The molecule has 2 saturated heterocycles. The van der Waals surface area contributed by atoms with Crippen LogP contribution in [0.15, 0.2) is 55.0 Å². The Balaban J connectivity index is 1.29. The van der Waals surface area contributed by atoms with Gasteiger partial charge in [-0.25, -0.2) is 4.98 Å². The van der Waals surface area contributed by atoms with Crippen LogP contribution < -0.4 is 5.32 Å². The van der Waals surface area contributed by atoms with Gasteiger partial charge in [-0.2, -0.15) is 0 Å². The molecular formula is C37H47N5O. The first-order valence-corrected chi connectivity index (χ1v) is 16.2. The minimum absolute atomic E-state index is 0.249. The molecule has 1 atom stereocenters. The number of carbonyl (C=O) groups excluding carboxylic acids is 1. The van der Waals surface area contributed by atoms with Gasteiger partial charge in [0.25, 0.3) is 0 Å². The lowest BCUT2D eigenvalue weighted by molar-refractivity contribution is -0.144. The first-order valence-electron chi connectivity index (χ1n) is 16.2. The third-order valence-electron chi connectivity index (χ3n) is 9.94. The van der Waals surface area contributed by atoms with E-state index >= 15 is 0 Å². The predicted molar refractivity (Wildman–Crippen MR) is 175 cm³/mol. The van der Waals surface area contributed by atoms with Crippen LogP contribution in [0.5, 0.6) is 0 Å². The summed E-state index contributed by atoms with van der Waals surface area (Å²) in [5.41, 5.74) is 8.67. The van der Waals surface area contributed by atoms with Crippen molar-refractivity contribution < 1.29 is 4.79 Å². The van der Waals surface area contributed by atoms with Gasteiger partial charge in [-0.05, 0) is 137 Å². The van der Waals surface area contributed by atoms with E-state index in [1.807, 2.05) is 18.6 Å². The second-order valence-corrected chi connectivity index (χ2v) is 13.7. The lowest BCUT2D eigenvalue weighted by atomic mass is 9.76. The van der Waals surface area contributed by atoms with Crippen molar-refractivity contribution in [2.45, 2.75) is 90.5 Å². The van der Waals surface area contributed by atoms with Gasteiger partial charge in [0.05, 0.1) is 11.1 Å². The van der Waals surface area contributed by atoms with Crippen molar-refractivity contribution in [1.29, 1.82) is 0 Å². The van der Waals surface area contributed by atoms with Crippen LogP contribution in [0.25, 0.3) is 22.3 Å². The fraction of sp³-hybridized carbons (Fsp3) is 0.486. The van der Waals surface area contributed by atoms with Gasteiger partial charge < -0.3 is 15.2 Å². The van der Waals surface area contributed by atoms with E-state index in [0.29, 0.717) is 12.0 Å². The van der Waals surface area contributed by atoms with E-state index in [-0.39, 0.29) is 11.8 Å². The molecule has 2 bridgehead atoms. The number of fused-ring (bicyclic) bond motifs is 4. The molecule has 6 heteroatoms. The zero-order valence-corrected chi connectivity index (χ0v) is 26.5. The standard InChI is InChI=1S/C37H47N5O/c1-24-17-25(2)19-29(18-24)34-33(26(3)21-39-14-6-7-27-12-15-38-16-13-27)32-20-30(22-40-35(32)41-34)37(4,5)36(43)42-23-28-8-10-31(42)11-9-28/h12-13,15-20,22,26,28,31,39H,6-11,14,21,23H2,1-5H3,(H,40,41)/t26-,28?,31?/m1/s1. The summed E-state index contributed by atoms with van der Waals surface area (Å²) in [5, 5.41) is 4.84. The molecule has 3 fully saturated rings. The first kappa shape index (κ1) is 29.6. The van der Waals surface area contributed by atoms with Crippen LogP contribution in [-0.2, 0) is 16.6 Å². The number of hydrogen-bond donors (Lipinski definition) is 2. The van der Waals surface area contributed by atoms with Crippen molar-refractivity contribution in [3.63, 3.8) is 0 Å². The first-order chi connectivity index (χ1) is 20.7. The molecule has 1 aliphatic carbocycles. The van der Waals surface area contributed by atoms with Crippen LogP contribution in [-0.4, -0.2) is 51.4 Å². The molecule has 226 valence electrons. The molecule has 3 aliphatic rings. The van der Waals surface area contributed by atoms with Crippen molar-refractivity contribution >= 4 is 16.9 Å². The molecule has 3 aromatic heterocycles. The maximum absolute atomic E-state index is 14.0. The van der Waals surface area contributed by atoms with Gasteiger partial charge in [0.15, 0.2) is 0 Å². The van der Waals surface area contributed by atoms with E-state index in [9.17, 15) is 4.79 Å². The van der Waals surface area contributed by atoms with E-state index in [2.05, 4.69) is 91.2 Å². The summed E-state index contributed by atoms with van der Waals surface area (Å²) in [6.45, 7) is 13.5. The Morgan fingerprint density at radius 3 is 2.47 bits per heavy atom. The molecule has 0 spiro atoms. The number of nitrogens with zero attached hydrogens (tertiary/aromatic N) is 3. The van der Waals surface area contributed by atoms with Gasteiger partial charge >= 0.3 is 0 Å². The molecule has 0 radical (unpaired) electrons. The Kier molecular flexibility index (Phi) is 8.41. The van der Waals surface area contributed by atoms with Crippen LogP contribution in [0.1, 0.15) is 86.6 Å². The minimum atomic E-state index is -0.637. The number of aromatic amines is 1. The molecule has 7 rings (SSSR count). The minimum Gasteiger partial charge on any atom is -0.339 e. The number of aromatic nitrogens is 3. The summed E-state index contributed by atoms with van der Waals surface area (Å²) >= 11 is 0. The summed E-state index contributed by atoms with van der Waals surface area (Å²) in [4.78, 5) is 29.0. The van der Waals surface area contributed by atoms with Crippen LogP contribution in [0.2, 0.25) is 0 Å². The molecule has 2 N–H and O–H groups in total. The fourth-order valence-electron chi connectivity index (χ4n) is 7.48. The SMILES string of the molecule is Cc1cc(C)cc(-c2[nH]c3ncc(C(C)(C)C(=O)N4CC5CCC4CC5)cc3c2[C@H](C)CNCCCc2ccncc2)c1. The number of nitrogens with one attached hydrogen (secondary N) is 2. The molecule has 0 unspecified atom stereocenters. The zero-order chi connectivity index (χ0) is 30.1. The average molecular weight is 578 g/mol. The van der Waals surface area contributed by atoms with Gasteiger partial charge in [0, 0.05) is 43.1 Å². The number of piperidine rings is 2. The lowest BCUT2D eigenvalue weighted by Gasteiger charge is -2.47. The van der Waals surface area contributed by atoms with Crippen LogP contribution >= 0.6 is 0 Å². The molecule has 1 amide bonds. The van der Waals surface area contributed by atoms with Gasteiger partial charge in [-0.15, -0.1) is 0 Å². The highest BCUT2D eigenvalue weighted by atomic mass is 16.2. The van der Waals surface area contributed by atoms with Crippen molar-refractivity contribution in [3.05, 3.63) is 82.8 Å². The third kappa shape index (κ3) is 6.12. The Labute approximate surface area is 256 Å². The van der Waals surface area contributed by atoms with Gasteiger partial charge in [0.1, 0.15) is 5.65 Å². The van der Waals surface area contributed by atoms with Crippen LogP contribution in [0.3, 0.4) is 0 Å². The van der Waals surface area contributed by atoms with E-state index in [0.717, 1.165) is 67.6 Å². The number of amides is 1. The van der Waals surface area contributed by atoms with Crippen molar-refractivity contribution in [2.75, 3.05) is 19.6 Å². The number of benzene rings is 1. The second-order valence-electron chi connectivity index (χ2n) is 13.7. The summed E-state index contributed by atoms with van der Waals surface area (Å²) in [5.74, 6) is 1.16. The van der Waals surface area contributed by atoms with Crippen molar-refractivity contribution in [1.82, 2.24) is 25.2 Å². The van der Waals surface area contributed by atoms with E-state index < -0.39 is 5.41 Å². The zero-order valence-electron chi connectivity index (χ0n) is 26.5. The van der Waals surface area contributed by atoms with Crippen LogP contribution in [0, 0.1) is 19.8 Å². The van der Waals surface area contributed by atoms with Crippen LogP contribution in [0.4, 0.5) is 0 Å². The average Bonchev–Trinajstić information content (AvgIpc) is 3.40. The van der Waals surface area contributed by atoms with Crippen molar-refractivity contribution in [2.24, 2.45) is 5.92 Å². The third-order valence-corrected chi connectivity index (χ3v) is 9.94. The summed E-state index contributed by atoms with van der Waals surface area (Å²) in [6, 6.07) is 13.6. The smallest absolute Gasteiger partial charge is 0.232 e. The number of H-pyrrole nitrogens is 1. The quantitative estimate of drug-likeness (QED) is 0.195. The molecule has 1 saturated carbocycles. The highest BCUT2D eigenvalue weighted by molar-refractivity contribution is 5.93. The molecule has 1 aromatic carbocycles. The van der Waals surface area contributed by atoms with E-state index in [1.165, 1.54) is 40.7 Å². The highest BCUT2D eigenvalue weighted by Crippen LogP contribution is 2.40. The molecule has 4 aromatic rings. The van der Waals surface area contributed by atoms with E-state index in [1.54, 1.807) is 0 Å².